The Morgan fingerprint density at radius 2 is 2.14 bits per heavy atom. The first-order valence-electron chi connectivity index (χ1n) is 6.13. The van der Waals surface area contributed by atoms with E-state index in [0.29, 0.717) is 12.6 Å². The molecule has 9 heteroatoms. The SMILES string of the molecule is O=S(=O)(Nc1nc2c(s1)CNCC2)c1ccc(F)cc1F. The van der Waals surface area contributed by atoms with E-state index in [2.05, 4.69) is 15.0 Å². The van der Waals surface area contributed by atoms with Crippen LogP contribution in [0.1, 0.15) is 10.6 Å². The molecule has 1 aliphatic rings. The Morgan fingerprint density at radius 3 is 2.86 bits per heavy atom. The number of thiazole rings is 1. The Labute approximate surface area is 124 Å². The summed E-state index contributed by atoms with van der Waals surface area (Å²) in [6, 6.07) is 2.32. The van der Waals surface area contributed by atoms with Crippen molar-refractivity contribution >= 4 is 26.5 Å². The zero-order valence-corrected chi connectivity index (χ0v) is 12.3. The number of halogens is 2. The van der Waals surface area contributed by atoms with Crippen LogP contribution < -0.4 is 10.0 Å². The van der Waals surface area contributed by atoms with Crippen molar-refractivity contribution in [1.29, 1.82) is 0 Å². The van der Waals surface area contributed by atoms with E-state index in [4.69, 9.17) is 0 Å². The number of benzene rings is 1. The molecule has 0 bridgehead atoms. The number of hydrogen-bond acceptors (Lipinski definition) is 5. The number of rotatable bonds is 3. The average molecular weight is 331 g/mol. The van der Waals surface area contributed by atoms with Crippen molar-refractivity contribution in [3.8, 4) is 0 Å². The lowest BCUT2D eigenvalue weighted by atomic mass is 10.2. The third-order valence-corrected chi connectivity index (χ3v) is 5.52. The van der Waals surface area contributed by atoms with Crippen molar-refractivity contribution in [3.05, 3.63) is 40.4 Å². The highest BCUT2D eigenvalue weighted by Gasteiger charge is 2.23. The third kappa shape index (κ3) is 2.89. The molecule has 0 fully saturated rings. The first-order valence-corrected chi connectivity index (χ1v) is 8.43. The molecule has 1 aliphatic heterocycles. The van der Waals surface area contributed by atoms with Crippen LogP contribution in [0.3, 0.4) is 0 Å². The summed E-state index contributed by atoms with van der Waals surface area (Å²) in [5, 5.41) is 3.34. The Hall–Kier alpha value is -1.58. The van der Waals surface area contributed by atoms with E-state index < -0.39 is 26.6 Å². The maximum absolute atomic E-state index is 13.6. The normalized spacial score (nSPS) is 14.8. The number of nitrogens with one attached hydrogen (secondary N) is 2. The van der Waals surface area contributed by atoms with E-state index in [1.54, 1.807) is 0 Å². The van der Waals surface area contributed by atoms with Gasteiger partial charge in [0.15, 0.2) is 5.13 Å². The maximum Gasteiger partial charge on any atom is 0.266 e. The topological polar surface area (TPSA) is 71.1 Å². The van der Waals surface area contributed by atoms with Crippen LogP contribution in [-0.4, -0.2) is 19.9 Å². The number of hydrogen-bond donors (Lipinski definition) is 2. The van der Waals surface area contributed by atoms with E-state index in [-0.39, 0.29) is 5.13 Å². The minimum absolute atomic E-state index is 0.187. The summed E-state index contributed by atoms with van der Waals surface area (Å²) in [7, 11) is -4.12. The number of fused-ring (bicyclic) bond motifs is 1. The summed E-state index contributed by atoms with van der Waals surface area (Å²) in [4.78, 5) is 4.56. The summed E-state index contributed by atoms with van der Waals surface area (Å²) in [5.41, 5.74) is 0.844. The predicted molar refractivity (Wildman–Crippen MR) is 74.7 cm³/mol. The second-order valence-corrected chi connectivity index (χ2v) is 7.23. The van der Waals surface area contributed by atoms with Gasteiger partial charge in [-0.3, -0.25) is 4.72 Å². The molecule has 5 nitrogen and oxygen atoms in total. The molecule has 1 aromatic carbocycles. The van der Waals surface area contributed by atoms with Gasteiger partial charge in [0.1, 0.15) is 16.5 Å². The molecule has 0 atom stereocenters. The number of aromatic nitrogens is 1. The second kappa shape index (κ2) is 5.32. The van der Waals surface area contributed by atoms with Crippen LogP contribution in [0.4, 0.5) is 13.9 Å². The minimum atomic E-state index is -4.12. The lowest BCUT2D eigenvalue weighted by molar-refractivity contribution is 0.551. The molecule has 21 heavy (non-hydrogen) atoms. The molecule has 1 aromatic heterocycles. The molecule has 0 radical (unpaired) electrons. The molecular formula is C12H11F2N3O2S2. The van der Waals surface area contributed by atoms with Crippen LogP contribution in [0.5, 0.6) is 0 Å². The van der Waals surface area contributed by atoms with Gasteiger partial charge in [0.25, 0.3) is 10.0 Å². The average Bonchev–Trinajstić information content (AvgIpc) is 2.79. The highest BCUT2D eigenvalue weighted by atomic mass is 32.2. The van der Waals surface area contributed by atoms with E-state index in [9.17, 15) is 17.2 Å². The standard InChI is InChI=1S/C12H11F2N3O2S2/c13-7-1-2-11(8(14)5-7)21(18,19)17-12-16-9-3-4-15-6-10(9)20-12/h1-2,5,15H,3-4,6H2,(H,16,17). The van der Waals surface area contributed by atoms with E-state index in [1.807, 2.05) is 0 Å². The van der Waals surface area contributed by atoms with Gasteiger partial charge in [-0.2, -0.15) is 0 Å². The van der Waals surface area contributed by atoms with Crippen LogP contribution >= 0.6 is 11.3 Å². The molecule has 0 saturated heterocycles. The van der Waals surface area contributed by atoms with Gasteiger partial charge in [-0.05, 0) is 12.1 Å². The zero-order chi connectivity index (χ0) is 15.0. The fourth-order valence-electron chi connectivity index (χ4n) is 2.03. The highest BCUT2D eigenvalue weighted by molar-refractivity contribution is 7.93. The molecule has 0 spiro atoms. The Kier molecular flexibility index (Phi) is 3.64. The van der Waals surface area contributed by atoms with Gasteiger partial charge in [-0.15, -0.1) is 0 Å². The quantitative estimate of drug-likeness (QED) is 0.901. The highest BCUT2D eigenvalue weighted by Crippen LogP contribution is 2.27. The summed E-state index contributed by atoms with van der Waals surface area (Å²) in [6.45, 7) is 1.43. The predicted octanol–water partition coefficient (Wildman–Crippen LogP) is 1.87. The van der Waals surface area contributed by atoms with Crippen LogP contribution in [0.25, 0.3) is 0 Å². The van der Waals surface area contributed by atoms with Gasteiger partial charge in [-0.25, -0.2) is 22.2 Å². The van der Waals surface area contributed by atoms with E-state index in [0.717, 1.165) is 35.7 Å². The maximum atomic E-state index is 13.6. The van der Waals surface area contributed by atoms with Gasteiger partial charge in [0.2, 0.25) is 0 Å². The summed E-state index contributed by atoms with van der Waals surface area (Å²) >= 11 is 1.21. The molecule has 0 saturated carbocycles. The van der Waals surface area contributed by atoms with E-state index >= 15 is 0 Å². The summed E-state index contributed by atoms with van der Waals surface area (Å²) in [6.07, 6.45) is 0.721. The Morgan fingerprint density at radius 1 is 1.33 bits per heavy atom. The minimum Gasteiger partial charge on any atom is -0.311 e. The van der Waals surface area contributed by atoms with Gasteiger partial charge in [0.05, 0.1) is 5.69 Å². The monoisotopic (exact) mass is 331 g/mol. The summed E-state index contributed by atoms with van der Waals surface area (Å²) < 4.78 is 52.9. The van der Waals surface area contributed by atoms with Crippen molar-refractivity contribution in [2.24, 2.45) is 0 Å². The molecule has 2 N–H and O–H groups in total. The van der Waals surface area contributed by atoms with Gasteiger partial charge >= 0.3 is 0 Å². The second-order valence-electron chi connectivity index (χ2n) is 4.50. The van der Waals surface area contributed by atoms with Crippen molar-refractivity contribution in [2.45, 2.75) is 17.9 Å². The van der Waals surface area contributed by atoms with Gasteiger partial charge in [0, 0.05) is 30.5 Å². The van der Waals surface area contributed by atoms with Crippen molar-refractivity contribution < 1.29 is 17.2 Å². The smallest absolute Gasteiger partial charge is 0.266 e. The van der Waals surface area contributed by atoms with Crippen molar-refractivity contribution in [2.75, 3.05) is 11.3 Å². The first-order chi connectivity index (χ1) is 9.95. The zero-order valence-electron chi connectivity index (χ0n) is 10.7. The lowest BCUT2D eigenvalue weighted by Gasteiger charge is -2.09. The fraction of sp³-hybridized carbons (Fsp3) is 0.250. The molecular weight excluding hydrogens is 320 g/mol. The largest absolute Gasteiger partial charge is 0.311 e. The Bertz CT molecular complexity index is 766. The molecule has 3 rings (SSSR count). The Balaban J connectivity index is 1.90. The number of sulfonamides is 1. The molecule has 0 unspecified atom stereocenters. The summed E-state index contributed by atoms with van der Waals surface area (Å²) in [5.74, 6) is -1.97. The molecule has 0 amide bonds. The van der Waals surface area contributed by atoms with E-state index in [1.165, 1.54) is 11.3 Å². The molecule has 0 aliphatic carbocycles. The molecule has 2 aromatic rings. The third-order valence-electron chi connectivity index (χ3n) is 3.01. The van der Waals surface area contributed by atoms with Crippen molar-refractivity contribution in [1.82, 2.24) is 10.3 Å². The van der Waals surface area contributed by atoms with Gasteiger partial charge < -0.3 is 5.32 Å². The molecule has 2 heterocycles. The molecule has 112 valence electrons. The van der Waals surface area contributed by atoms with Crippen molar-refractivity contribution in [3.63, 3.8) is 0 Å². The van der Waals surface area contributed by atoms with Crippen LogP contribution in [0.15, 0.2) is 23.1 Å². The van der Waals surface area contributed by atoms with Crippen LogP contribution in [0.2, 0.25) is 0 Å². The van der Waals surface area contributed by atoms with Crippen LogP contribution in [-0.2, 0) is 23.0 Å². The number of anilines is 1. The first kappa shape index (κ1) is 14.4. The number of nitrogens with zero attached hydrogens (tertiary/aromatic N) is 1. The van der Waals surface area contributed by atoms with Crippen LogP contribution in [0, 0.1) is 11.6 Å². The van der Waals surface area contributed by atoms with Gasteiger partial charge in [-0.1, -0.05) is 11.3 Å². The fourth-order valence-corrected chi connectivity index (χ4v) is 4.31. The lowest BCUT2D eigenvalue weighted by Crippen LogP contribution is -2.22.